The predicted molar refractivity (Wildman–Crippen MR) is 89.7 cm³/mol. The molecule has 0 spiro atoms. The van der Waals surface area contributed by atoms with Crippen molar-refractivity contribution in [3.05, 3.63) is 60.3 Å². The van der Waals surface area contributed by atoms with Crippen LogP contribution in [0.15, 0.2) is 23.0 Å². The molecule has 8 nitrogen and oxygen atoms in total. The zero-order valence-electron chi connectivity index (χ0n) is 13.0. The molecule has 0 aliphatic carbocycles. The molecule has 0 saturated carbocycles. The zero-order valence-corrected chi connectivity index (χ0v) is 13.8. The van der Waals surface area contributed by atoms with Gasteiger partial charge in [0.2, 0.25) is 0 Å². The Balaban J connectivity index is 1.90. The summed E-state index contributed by atoms with van der Waals surface area (Å²) in [5.41, 5.74) is 1.77. The van der Waals surface area contributed by atoms with E-state index in [0.717, 1.165) is 5.69 Å². The van der Waals surface area contributed by atoms with Crippen LogP contribution in [0, 0.1) is 14.9 Å². The number of H-pyrrole nitrogens is 2. The van der Waals surface area contributed by atoms with E-state index in [1.165, 1.54) is 7.11 Å². The van der Waals surface area contributed by atoms with E-state index in [2.05, 4.69) is 9.97 Å². The fourth-order valence-electron chi connectivity index (χ4n) is 2.96. The molecule has 0 saturated heterocycles. The molecule has 1 aromatic carbocycles. The number of aromatic nitrogens is 2. The second kappa shape index (κ2) is 6.54. The van der Waals surface area contributed by atoms with Gasteiger partial charge in [0.25, 0.3) is 5.56 Å². The first-order chi connectivity index (χ1) is 11.5. The second-order valence-electron chi connectivity index (χ2n) is 5.55. The first-order valence-corrected chi connectivity index (χ1v) is 7.77. The van der Waals surface area contributed by atoms with Gasteiger partial charge < -0.3 is 9.72 Å². The van der Waals surface area contributed by atoms with Crippen LogP contribution in [0.4, 0.5) is 5.69 Å². The number of nitrogens with zero attached hydrogens (tertiary/aromatic N) is 2. The molecule has 0 bridgehead atoms. The Labute approximate surface area is 142 Å². The number of nitrogens with one attached hydrogen (secondary N) is 2. The van der Waals surface area contributed by atoms with Crippen LogP contribution in [0.3, 0.4) is 0 Å². The Hall–Kier alpha value is -2.52. The lowest BCUT2D eigenvalue weighted by molar-refractivity contribution is -0.386. The number of hydrogen-bond donors (Lipinski definition) is 2. The van der Waals surface area contributed by atoms with Crippen LogP contribution >= 0.6 is 12.2 Å². The summed E-state index contributed by atoms with van der Waals surface area (Å²) in [6.45, 7) is 1.45. The SMILES string of the molecule is COc1cccc(CN2CCc3[nH]c(=S)[nH]c(=O)c3C2)c1[N+](=O)[O-]. The summed E-state index contributed by atoms with van der Waals surface area (Å²) in [6, 6.07) is 5.00. The number of methoxy groups -OCH3 is 1. The number of aromatic amines is 2. The number of fused-ring (bicyclic) bond motifs is 1. The quantitative estimate of drug-likeness (QED) is 0.497. The van der Waals surface area contributed by atoms with Gasteiger partial charge in [-0.3, -0.25) is 24.8 Å². The van der Waals surface area contributed by atoms with Gasteiger partial charge in [-0.05, 0) is 18.3 Å². The second-order valence-corrected chi connectivity index (χ2v) is 5.96. The smallest absolute Gasteiger partial charge is 0.315 e. The average Bonchev–Trinajstić information content (AvgIpc) is 2.54. The molecule has 0 unspecified atom stereocenters. The first kappa shape index (κ1) is 16.3. The molecule has 2 N–H and O–H groups in total. The summed E-state index contributed by atoms with van der Waals surface area (Å²) in [5, 5.41) is 11.4. The molecule has 9 heteroatoms. The zero-order chi connectivity index (χ0) is 17.3. The van der Waals surface area contributed by atoms with Crippen molar-refractivity contribution in [1.29, 1.82) is 0 Å². The highest BCUT2D eigenvalue weighted by atomic mass is 32.1. The van der Waals surface area contributed by atoms with E-state index in [1.807, 2.05) is 4.90 Å². The van der Waals surface area contributed by atoms with Crippen LogP contribution in [0.25, 0.3) is 0 Å². The van der Waals surface area contributed by atoms with Gasteiger partial charge in [0.1, 0.15) is 0 Å². The summed E-state index contributed by atoms with van der Waals surface area (Å²) < 4.78 is 5.41. The molecule has 24 heavy (non-hydrogen) atoms. The van der Waals surface area contributed by atoms with Crippen LogP contribution in [0.5, 0.6) is 5.75 Å². The number of hydrogen-bond acceptors (Lipinski definition) is 6. The minimum Gasteiger partial charge on any atom is -0.490 e. The molecule has 126 valence electrons. The number of nitro groups is 1. The minimum absolute atomic E-state index is 0.0350. The third-order valence-corrected chi connectivity index (χ3v) is 4.27. The number of rotatable bonds is 4. The fraction of sp³-hybridized carbons (Fsp3) is 0.333. The van der Waals surface area contributed by atoms with Crippen molar-refractivity contribution in [3.8, 4) is 5.75 Å². The van der Waals surface area contributed by atoms with Crippen LogP contribution in [0.1, 0.15) is 16.8 Å². The maximum Gasteiger partial charge on any atom is 0.315 e. The fourth-order valence-corrected chi connectivity index (χ4v) is 3.17. The van der Waals surface area contributed by atoms with Gasteiger partial charge >= 0.3 is 5.69 Å². The third-order valence-electron chi connectivity index (χ3n) is 4.07. The minimum atomic E-state index is -0.434. The lowest BCUT2D eigenvalue weighted by atomic mass is 10.1. The van der Waals surface area contributed by atoms with Gasteiger partial charge in [0, 0.05) is 37.3 Å². The summed E-state index contributed by atoms with van der Waals surface area (Å²) in [6.07, 6.45) is 0.640. The molecular formula is C15H16N4O4S. The normalized spacial score (nSPS) is 14.2. The van der Waals surface area contributed by atoms with Crippen molar-refractivity contribution in [2.24, 2.45) is 0 Å². The number of para-hydroxylation sites is 1. The molecule has 1 aliphatic rings. The summed E-state index contributed by atoms with van der Waals surface area (Å²) >= 11 is 4.98. The molecule has 0 radical (unpaired) electrons. The van der Waals surface area contributed by atoms with E-state index in [4.69, 9.17) is 17.0 Å². The highest BCUT2D eigenvalue weighted by Crippen LogP contribution is 2.32. The Morgan fingerprint density at radius 2 is 2.21 bits per heavy atom. The molecular weight excluding hydrogens is 332 g/mol. The van der Waals surface area contributed by atoms with Crippen molar-refractivity contribution >= 4 is 17.9 Å². The lowest BCUT2D eigenvalue weighted by Crippen LogP contribution is -2.35. The van der Waals surface area contributed by atoms with E-state index < -0.39 is 4.92 Å². The van der Waals surface area contributed by atoms with Gasteiger partial charge in [0.15, 0.2) is 10.5 Å². The van der Waals surface area contributed by atoms with Crippen molar-refractivity contribution in [1.82, 2.24) is 14.9 Å². The van der Waals surface area contributed by atoms with Crippen LogP contribution < -0.4 is 10.3 Å². The molecule has 2 aromatic rings. The summed E-state index contributed by atoms with van der Waals surface area (Å²) in [7, 11) is 1.41. The highest BCUT2D eigenvalue weighted by Gasteiger charge is 2.25. The van der Waals surface area contributed by atoms with Crippen molar-refractivity contribution in [2.75, 3.05) is 13.7 Å². The Morgan fingerprint density at radius 1 is 1.42 bits per heavy atom. The Bertz CT molecular complexity index is 905. The average molecular weight is 348 g/mol. The molecule has 2 heterocycles. The van der Waals surface area contributed by atoms with Crippen LogP contribution in [-0.2, 0) is 19.5 Å². The summed E-state index contributed by atoms with van der Waals surface area (Å²) in [5.74, 6) is 0.233. The topological polar surface area (TPSA) is 104 Å². The Kier molecular flexibility index (Phi) is 4.45. The molecule has 0 amide bonds. The van der Waals surface area contributed by atoms with E-state index in [0.29, 0.717) is 42.0 Å². The van der Waals surface area contributed by atoms with Crippen LogP contribution in [0.2, 0.25) is 0 Å². The molecule has 3 rings (SSSR count). The van der Waals surface area contributed by atoms with Gasteiger partial charge in [-0.1, -0.05) is 12.1 Å². The molecule has 1 aromatic heterocycles. The maximum atomic E-state index is 12.1. The monoisotopic (exact) mass is 348 g/mol. The Morgan fingerprint density at radius 3 is 2.92 bits per heavy atom. The summed E-state index contributed by atoms with van der Waals surface area (Å²) in [4.78, 5) is 30.6. The van der Waals surface area contributed by atoms with Gasteiger partial charge in [-0.15, -0.1) is 0 Å². The van der Waals surface area contributed by atoms with E-state index in [9.17, 15) is 14.9 Å². The van der Waals surface area contributed by atoms with E-state index >= 15 is 0 Å². The van der Waals surface area contributed by atoms with E-state index in [-0.39, 0.29) is 17.0 Å². The molecule has 1 aliphatic heterocycles. The first-order valence-electron chi connectivity index (χ1n) is 7.36. The number of nitro benzene ring substituents is 1. The number of ether oxygens (including phenoxy) is 1. The predicted octanol–water partition coefficient (Wildman–Crippen LogP) is 1.91. The van der Waals surface area contributed by atoms with Crippen molar-refractivity contribution < 1.29 is 9.66 Å². The van der Waals surface area contributed by atoms with Gasteiger partial charge in [-0.2, -0.15) is 0 Å². The molecule has 0 fully saturated rings. The highest BCUT2D eigenvalue weighted by molar-refractivity contribution is 7.71. The van der Waals surface area contributed by atoms with E-state index in [1.54, 1.807) is 18.2 Å². The largest absolute Gasteiger partial charge is 0.490 e. The lowest BCUT2D eigenvalue weighted by Gasteiger charge is -2.27. The number of benzene rings is 1. The van der Waals surface area contributed by atoms with Crippen LogP contribution in [-0.4, -0.2) is 33.4 Å². The van der Waals surface area contributed by atoms with Crippen molar-refractivity contribution in [2.45, 2.75) is 19.5 Å². The van der Waals surface area contributed by atoms with Gasteiger partial charge in [0.05, 0.1) is 17.6 Å². The standard InChI is InChI=1S/C15H16N4O4S/c1-23-12-4-2-3-9(13(12)19(21)22)7-18-6-5-11-10(8-18)14(20)17-15(24)16-11/h2-4H,5-8H2,1H3,(H2,16,17,20,24). The maximum absolute atomic E-state index is 12.1. The van der Waals surface area contributed by atoms with Gasteiger partial charge in [-0.25, -0.2) is 0 Å². The third kappa shape index (κ3) is 3.08. The van der Waals surface area contributed by atoms with Crippen molar-refractivity contribution in [3.63, 3.8) is 0 Å². The molecule has 0 atom stereocenters.